The summed E-state index contributed by atoms with van der Waals surface area (Å²) in [5.74, 6) is -0.753. The first-order valence-corrected chi connectivity index (χ1v) is 3.93. The van der Waals surface area contributed by atoms with Crippen LogP contribution in [-0.4, -0.2) is 13.0 Å². The van der Waals surface area contributed by atoms with Gasteiger partial charge in [0.15, 0.2) is 5.96 Å². The number of guanidine groups is 1. The number of nitrogens with zero attached hydrogens (tertiary/aromatic N) is 1. The maximum atomic E-state index is 13.2. The van der Waals surface area contributed by atoms with Crippen LogP contribution in [0.5, 0.6) is 0 Å². The van der Waals surface area contributed by atoms with Crippen LogP contribution >= 0.6 is 11.6 Å². The van der Waals surface area contributed by atoms with Gasteiger partial charge in [0.25, 0.3) is 0 Å². The highest BCUT2D eigenvalue weighted by atomic mass is 35.5. The number of para-hydroxylation sites is 1. The zero-order valence-electron chi connectivity index (χ0n) is 7.01. The van der Waals surface area contributed by atoms with Crippen LogP contribution in [0.1, 0.15) is 0 Å². The zero-order chi connectivity index (χ0) is 10.0. The molecule has 1 aromatic rings. The fourth-order valence-electron chi connectivity index (χ4n) is 0.930. The van der Waals surface area contributed by atoms with E-state index in [2.05, 4.69) is 0 Å². The number of hydrogen-bond acceptors (Lipinski definition) is 1. The molecule has 0 spiro atoms. The summed E-state index contributed by atoms with van der Waals surface area (Å²) < 4.78 is 13.2. The lowest BCUT2D eigenvalue weighted by molar-refractivity contribution is 0.628. The summed E-state index contributed by atoms with van der Waals surface area (Å²) >= 11 is 5.73. The maximum absolute atomic E-state index is 13.2. The highest BCUT2D eigenvalue weighted by molar-refractivity contribution is 6.33. The maximum Gasteiger partial charge on any atom is 0.192 e. The molecule has 0 saturated heterocycles. The van der Waals surface area contributed by atoms with Gasteiger partial charge in [-0.1, -0.05) is 17.7 Å². The Kier molecular flexibility index (Phi) is 2.72. The van der Waals surface area contributed by atoms with E-state index in [1.54, 1.807) is 6.07 Å². The van der Waals surface area contributed by atoms with Gasteiger partial charge in [0, 0.05) is 7.05 Å². The minimum atomic E-state index is -0.495. The second-order valence-electron chi connectivity index (χ2n) is 2.51. The number of halogens is 2. The van der Waals surface area contributed by atoms with E-state index in [0.29, 0.717) is 0 Å². The van der Waals surface area contributed by atoms with Gasteiger partial charge in [-0.3, -0.25) is 5.41 Å². The standard InChI is InChI=1S/C8H9ClFN3/c1-13(8(11)12)7-5(9)3-2-4-6(7)10/h2-4H,1H3,(H3,11,12). The van der Waals surface area contributed by atoms with Crippen LogP contribution in [0.15, 0.2) is 18.2 Å². The van der Waals surface area contributed by atoms with E-state index in [1.165, 1.54) is 24.1 Å². The highest BCUT2D eigenvalue weighted by Crippen LogP contribution is 2.27. The van der Waals surface area contributed by atoms with E-state index in [9.17, 15) is 4.39 Å². The van der Waals surface area contributed by atoms with Crippen molar-refractivity contribution in [1.29, 1.82) is 5.41 Å². The number of rotatable bonds is 1. The second-order valence-corrected chi connectivity index (χ2v) is 2.92. The van der Waals surface area contributed by atoms with Crippen molar-refractivity contribution in [1.82, 2.24) is 0 Å². The smallest absolute Gasteiger partial charge is 0.192 e. The SMILES string of the molecule is CN(C(=N)N)c1c(F)cccc1Cl. The predicted octanol–water partition coefficient (Wildman–Crippen LogP) is 1.81. The molecule has 70 valence electrons. The molecular formula is C8H9ClFN3. The summed E-state index contributed by atoms with van der Waals surface area (Å²) in [7, 11) is 1.48. The lowest BCUT2D eigenvalue weighted by Gasteiger charge is -2.18. The van der Waals surface area contributed by atoms with Gasteiger partial charge in [-0.15, -0.1) is 0 Å². The van der Waals surface area contributed by atoms with Crippen LogP contribution < -0.4 is 10.6 Å². The molecule has 13 heavy (non-hydrogen) atoms. The molecule has 3 nitrogen and oxygen atoms in total. The molecule has 0 saturated carbocycles. The van der Waals surface area contributed by atoms with E-state index >= 15 is 0 Å². The topological polar surface area (TPSA) is 53.1 Å². The Hall–Kier alpha value is -1.29. The second kappa shape index (κ2) is 3.62. The van der Waals surface area contributed by atoms with Crippen molar-refractivity contribution in [2.75, 3.05) is 11.9 Å². The molecular weight excluding hydrogens is 193 g/mol. The number of benzene rings is 1. The van der Waals surface area contributed by atoms with Crippen molar-refractivity contribution in [2.45, 2.75) is 0 Å². The van der Waals surface area contributed by atoms with Gasteiger partial charge in [0.2, 0.25) is 0 Å². The van der Waals surface area contributed by atoms with E-state index in [0.717, 1.165) is 0 Å². The molecule has 0 amide bonds. The molecule has 0 radical (unpaired) electrons. The van der Waals surface area contributed by atoms with Crippen molar-refractivity contribution in [2.24, 2.45) is 5.73 Å². The molecule has 0 unspecified atom stereocenters. The Labute approximate surface area is 80.4 Å². The van der Waals surface area contributed by atoms with Gasteiger partial charge in [-0.2, -0.15) is 0 Å². The van der Waals surface area contributed by atoms with E-state index < -0.39 is 5.82 Å². The van der Waals surface area contributed by atoms with Crippen LogP contribution in [0.3, 0.4) is 0 Å². The first kappa shape index (κ1) is 9.80. The first-order valence-electron chi connectivity index (χ1n) is 3.56. The minimum absolute atomic E-state index is 0.122. The molecule has 0 aliphatic heterocycles. The van der Waals surface area contributed by atoms with Gasteiger partial charge in [-0.25, -0.2) is 4.39 Å². The molecule has 3 N–H and O–H groups in total. The van der Waals surface area contributed by atoms with E-state index in [1.807, 2.05) is 0 Å². The number of hydrogen-bond donors (Lipinski definition) is 2. The van der Waals surface area contributed by atoms with Gasteiger partial charge >= 0.3 is 0 Å². The van der Waals surface area contributed by atoms with Gasteiger partial charge < -0.3 is 10.6 Å². The number of nitrogens with one attached hydrogen (secondary N) is 1. The summed E-state index contributed by atoms with van der Waals surface area (Å²) in [5.41, 5.74) is 5.31. The molecule has 0 bridgehead atoms. The van der Waals surface area contributed by atoms with Crippen molar-refractivity contribution in [3.8, 4) is 0 Å². The average Bonchev–Trinajstić information content (AvgIpc) is 2.03. The van der Waals surface area contributed by atoms with Crippen LogP contribution in [-0.2, 0) is 0 Å². The largest absolute Gasteiger partial charge is 0.370 e. The predicted molar refractivity (Wildman–Crippen MR) is 51.7 cm³/mol. The molecule has 0 aliphatic rings. The Morgan fingerprint density at radius 3 is 2.69 bits per heavy atom. The Balaban J connectivity index is 3.20. The third-order valence-corrected chi connectivity index (χ3v) is 1.94. The van der Waals surface area contributed by atoms with Crippen LogP contribution in [0, 0.1) is 11.2 Å². The van der Waals surface area contributed by atoms with Crippen molar-refractivity contribution >= 4 is 23.2 Å². The minimum Gasteiger partial charge on any atom is -0.370 e. The molecule has 0 fully saturated rings. The molecule has 0 aromatic heterocycles. The van der Waals surface area contributed by atoms with E-state index in [4.69, 9.17) is 22.7 Å². The quantitative estimate of drug-likeness (QED) is 0.538. The fourth-order valence-corrected chi connectivity index (χ4v) is 1.22. The lowest BCUT2D eigenvalue weighted by Crippen LogP contribution is -2.33. The van der Waals surface area contributed by atoms with Gasteiger partial charge in [0.05, 0.1) is 10.7 Å². The highest BCUT2D eigenvalue weighted by Gasteiger charge is 2.12. The van der Waals surface area contributed by atoms with E-state index in [-0.39, 0.29) is 16.7 Å². The average molecular weight is 202 g/mol. The molecule has 1 rings (SSSR count). The molecule has 5 heteroatoms. The van der Waals surface area contributed by atoms with Crippen LogP contribution in [0.4, 0.5) is 10.1 Å². The Morgan fingerprint density at radius 2 is 2.23 bits per heavy atom. The molecule has 0 aliphatic carbocycles. The summed E-state index contributed by atoms with van der Waals surface area (Å²) in [6.07, 6.45) is 0. The zero-order valence-corrected chi connectivity index (χ0v) is 7.77. The third-order valence-electron chi connectivity index (χ3n) is 1.63. The summed E-state index contributed by atoms with van der Waals surface area (Å²) in [4.78, 5) is 1.18. The van der Waals surface area contributed by atoms with Crippen molar-refractivity contribution in [3.63, 3.8) is 0 Å². The fraction of sp³-hybridized carbons (Fsp3) is 0.125. The summed E-state index contributed by atoms with van der Waals surface area (Å²) in [6.45, 7) is 0. The lowest BCUT2D eigenvalue weighted by atomic mass is 10.3. The van der Waals surface area contributed by atoms with Crippen LogP contribution in [0.2, 0.25) is 5.02 Å². The molecule has 0 heterocycles. The van der Waals surface area contributed by atoms with Crippen LogP contribution in [0.25, 0.3) is 0 Å². The van der Waals surface area contributed by atoms with Gasteiger partial charge in [0.1, 0.15) is 5.82 Å². The summed E-state index contributed by atoms with van der Waals surface area (Å²) in [5, 5.41) is 7.34. The number of anilines is 1. The molecule has 0 atom stereocenters. The Bertz CT molecular complexity index is 320. The van der Waals surface area contributed by atoms with Crippen molar-refractivity contribution < 1.29 is 4.39 Å². The van der Waals surface area contributed by atoms with Gasteiger partial charge in [-0.05, 0) is 12.1 Å². The Morgan fingerprint density at radius 1 is 1.62 bits per heavy atom. The summed E-state index contributed by atoms with van der Waals surface area (Å²) in [6, 6.07) is 4.30. The number of nitrogens with two attached hydrogens (primary N) is 1. The third kappa shape index (κ3) is 1.89. The van der Waals surface area contributed by atoms with Crippen molar-refractivity contribution in [3.05, 3.63) is 29.0 Å². The monoisotopic (exact) mass is 201 g/mol. The normalized spacial score (nSPS) is 9.77. The molecule has 1 aromatic carbocycles. The first-order chi connectivity index (χ1) is 6.04.